The van der Waals surface area contributed by atoms with E-state index < -0.39 is 5.91 Å². The summed E-state index contributed by atoms with van der Waals surface area (Å²) in [4.78, 5) is 29.5. The number of hydrogen-bond acceptors (Lipinski definition) is 6. The van der Waals surface area contributed by atoms with Gasteiger partial charge in [0.05, 0.1) is 23.2 Å². The second-order valence-corrected chi connectivity index (χ2v) is 5.68. The fourth-order valence-corrected chi connectivity index (χ4v) is 2.46. The van der Waals surface area contributed by atoms with Crippen LogP contribution in [0, 0.1) is 13.8 Å². The van der Waals surface area contributed by atoms with E-state index in [9.17, 15) is 4.79 Å². The van der Waals surface area contributed by atoms with Crippen LogP contribution >= 0.6 is 0 Å². The lowest BCUT2D eigenvalue weighted by Gasteiger charge is -2.09. The van der Waals surface area contributed by atoms with Gasteiger partial charge in [-0.05, 0) is 44.2 Å². The zero-order chi connectivity index (χ0) is 18.5. The van der Waals surface area contributed by atoms with Crippen LogP contribution in [0.15, 0.2) is 55.1 Å². The Kier molecular flexibility index (Phi) is 4.98. The molecule has 26 heavy (non-hydrogen) atoms. The van der Waals surface area contributed by atoms with Gasteiger partial charge in [-0.25, -0.2) is 9.97 Å². The van der Waals surface area contributed by atoms with Crippen LogP contribution in [0.1, 0.15) is 17.2 Å². The zero-order valence-corrected chi connectivity index (χ0v) is 14.5. The first kappa shape index (κ1) is 17.2. The normalized spacial score (nSPS) is 11.2. The highest BCUT2D eigenvalue weighted by Crippen LogP contribution is 2.19. The van der Waals surface area contributed by atoms with Crippen molar-refractivity contribution in [2.45, 2.75) is 13.8 Å². The molecular formula is C19H18N6O. The Bertz CT molecular complexity index is 931. The first-order valence-corrected chi connectivity index (χ1v) is 7.99. The Hall–Kier alpha value is -3.61. The van der Waals surface area contributed by atoms with Crippen LogP contribution in [0.4, 0.5) is 5.69 Å². The molecule has 3 aromatic rings. The van der Waals surface area contributed by atoms with Crippen molar-refractivity contribution >= 4 is 17.2 Å². The summed E-state index contributed by atoms with van der Waals surface area (Å²) < 4.78 is 0. The van der Waals surface area contributed by atoms with Crippen molar-refractivity contribution in [2.75, 3.05) is 5.32 Å². The molecule has 0 aliphatic heterocycles. The summed E-state index contributed by atoms with van der Waals surface area (Å²) in [6.07, 6.45) is 6.20. The molecule has 0 bridgehead atoms. The Labute approximate surface area is 151 Å². The first-order chi connectivity index (χ1) is 12.6. The van der Waals surface area contributed by atoms with Crippen LogP contribution in [0.25, 0.3) is 16.8 Å². The molecule has 7 nitrogen and oxygen atoms in total. The molecule has 3 N–H and O–H groups in total. The van der Waals surface area contributed by atoms with Gasteiger partial charge < -0.3 is 11.1 Å². The molecule has 0 saturated heterocycles. The molecule has 0 aromatic carbocycles. The van der Waals surface area contributed by atoms with Crippen LogP contribution in [0.2, 0.25) is 0 Å². The van der Waals surface area contributed by atoms with Crippen molar-refractivity contribution in [3.05, 3.63) is 72.3 Å². The number of anilines is 1. The molecule has 130 valence electrons. The minimum Gasteiger partial charge on any atom is -0.404 e. The molecule has 0 spiro atoms. The van der Waals surface area contributed by atoms with Crippen molar-refractivity contribution in [3.63, 3.8) is 0 Å². The smallest absolute Gasteiger partial charge is 0.261 e. The highest BCUT2D eigenvalue weighted by atomic mass is 16.1. The monoisotopic (exact) mass is 346 g/mol. The zero-order valence-electron chi connectivity index (χ0n) is 14.5. The van der Waals surface area contributed by atoms with E-state index in [0.29, 0.717) is 11.5 Å². The number of pyridine rings is 2. The summed E-state index contributed by atoms with van der Waals surface area (Å²) in [6, 6.07) is 9.17. The number of hydrogen-bond donors (Lipinski definition) is 2. The van der Waals surface area contributed by atoms with Gasteiger partial charge in [0, 0.05) is 35.5 Å². The van der Waals surface area contributed by atoms with E-state index >= 15 is 0 Å². The molecule has 0 atom stereocenters. The number of nitrogens with two attached hydrogens (primary N) is 1. The summed E-state index contributed by atoms with van der Waals surface area (Å²) in [7, 11) is 0. The molecule has 0 fully saturated rings. The summed E-state index contributed by atoms with van der Waals surface area (Å²) in [6.45, 7) is 3.68. The van der Waals surface area contributed by atoms with Crippen molar-refractivity contribution in [2.24, 2.45) is 5.73 Å². The van der Waals surface area contributed by atoms with Crippen molar-refractivity contribution in [1.29, 1.82) is 0 Å². The van der Waals surface area contributed by atoms with Gasteiger partial charge >= 0.3 is 0 Å². The van der Waals surface area contributed by atoms with E-state index in [1.165, 1.54) is 6.20 Å². The quantitative estimate of drug-likeness (QED) is 0.703. The van der Waals surface area contributed by atoms with Gasteiger partial charge in [-0.15, -0.1) is 0 Å². The SMILES string of the molecule is Cc1cc(C)nc(C(=CN)C(=O)Nc2ccc(-c3ccncc3)nc2)n1. The largest absolute Gasteiger partial charge is 0.404 e. The van der Waals surface area contributed by atoms with Crippen molar-refractivity contribution < 1.29 is 4.79 Å². The third kappa shape index (κ3) is 3.89. The number of carbonyl (C=O) groups excluding carboxylic acids is 1. The number of carbonyl (C=O) groups is 1. The standard InChI is InChI=1S/C19H18N6O/c1-12-9-13(2)24-18(23-12)16(10-20)19(26)25-15-3-4-17(22-11-15)14-5-7-21-8-6-14/h3-11H,20H2,1-2H3,(H,25,26). The average Bonchev–Trinajstić information content (AvgIpc) is 2.63. The van der Waals surface area contributed by atoms with Gasteiger partial charge in [-0.1, -0.05) is 0 Å². The van der Waals surface area contributed by atoms with Crippen LogP contribution in [0.5, 0.6) is 0 Å². The lowest BCUT2D eigenvalue weighted by atomic mass is 10.2. The Morgan fingerprint density at radius 1 is 1.08 bits per heavy atom. The number of aromatic nitrogens is 4. The molecule has 0 unspecified atom stereocenters. The third-order valence-corrected chi connectivity index (χ3v) is 3.63. The Balaban J connectivity index is 1.78. The molecule has 0 aliphatic rings. The predicted octanol–water partition coefficient (Wildman–Crippen LogP) is 2.49. The highest BCUT2D eigenvalue weighted by Gasteiger charge is 2.16. The van der Waals surface area contributed by atoms with Gasteiger partial charge in [-0.3, -0.25) is 14.8 Å². The minimum atomic E-state index is -0.393. The highest BCUT2D eigenvalue weighted by molar-refractivity contribution is 6.24. The van der Waals surface area contributed by atoms with E-state index in [1.807, 2.05) is 38.1 Å². The number of nitrogens with zero attached hydrogens (tertiary/aromatic N) is 4. The maximum Gasteiger partial charge on any atom is 0.261 e. The summed E-state index contributed by atoms with van der Waals surface area (Å²) in [5.74, 6) is -0.0974. The third-order valence-electron chi connectivity index (χ3n) is 3.63. The molecule has 0 saturated carbocycles. The van der Waals surface area contributed by atoms with E-state index in [2.05, 4.69) is 25.3 Å². The lowest BCUT2D eigenvalue weighted by molar-refractivity contribution is -0.111. The topological polar surface area (TPSA) is 107 Å². The fraction of sp³-hybridized carbons (Fsp3) is 0.105. The van der Waals surface area contributed by atoms with Crippen LogP contribution in [-0.4, -0.2) is 25.8 Å². The second kappa shape index (κ2) is 7.52. The first-order valence-electron chi connectivity index (χ1n) is 7.99. The number of amides is 1. The Morgan fingerprint density at radius 2 is 1.77 bits per heavy atom. The molecule has 1 amide bonds. The van der Waals surface area contributed by atoms with Gasteiger partial charge in [0.1, 0.15) is 0 Å². The summed E-state index contributed by atoms with van der Waals surface area (Å²) in [5, 5.41) is 2.77. The van der Waals surface area contributed by atoms with Gasteiger partial charge in [0.25, 0.3) is 5.91 Å². The van der Waals surface area contributed by atoms with Gasteiger partial charge in [0.2, 0.25) is 0 Å². The average molecular weight is 346 g/mol. The summed E-state index contributed by atoms with van der Waals surface area (Å²) >= 11 is 0. The molecule has 7 heteroatoms. The van der Waals surface area contributed by atoms with E-state index in [1.54, 1.807) is 24.7 Å². The molecule has 0 aliphatic carbocycles. The lowest BCUT2D eigenvalue weighted by Crippen LogP contribution is -2.17. The molecule has 3 aromatic heterocycles. The van der Waals surface area contributed by atoms with Crippen molar-refractivity contribution in [1.82, 2.24) is 19.9 Å². The molecule has 3 heterocycles. The Morgan fingerprint density at radius 3 is 2.35 bits per heavy atom. The maximum atomic E-state index is 12.5. The number of rotatable bonds is 4. The summed E-state index contributed by atoms with van der Waals surface area (Å²) in [5.41, 5.74) is 9.66. The molecule has 3 rings (SSSR count). The molecular weight excluding hydrogens is 328 g/mol. The van der Waals surface area contributed by atoms with Gasteiger partial charge in [-0.2, -0.15) is 0 Å². The minimum absolute atomic E-state index is 0.204. The van der Waals surface area contributed by atoms with Crippen LogP contribution < -0.4 is 11.1 Å². The van der Waals surface area contributed by atoms with E-state index in [0.717, 1.165) is 22.6 Å². The number of nitrogens with one attached hydrogen (secondary N) is 1. The maximum absolute atomic E-state index is 12.5. The predicted molar refractivity (Wildman–Crippen MR) is 99.8 cm³/mol. The van der Waals surface area contributed by atoms with Crippen LogP contribution in [0.3, 0.4) is 0 Å². The second-order valence-electron chi connectivity index (χ2n) is 5.68. The fourth-order valence-electron chi connectivity index (χ4n) is 2.46. The van der Waals surface area contributed by atoms with Crippen molar-refractivity contribution in [3.8, 4) is 11.3 Å². The van der Waals surface area contributed by atoms with E-state index in [4.69, 9.17) is 5.73 Å². The molecule has 0 radical (unpaired) electrons. The van der Waals surface area contributed by atoms with Crippen LogP contribution in [-0.2, 0) is 4.79 Å². The number of aryl methyl sites for hydroxylation is 2. The van der Waals surface area contributed by atoms with E-state index in [-0.39, 0.29) is 5.57 Å². The van der Waals surface area contributed by atoms with Gasteiger partial charge in [0.15, 0.2) is 5.82 Å².